The maximum absolute atomic E-state index is 9.22. The Labute approximate surface area is 113 Å². The van der Waals surface area contributed by atoms with Crippen molar-refractivity contribution in [3.8, 4) is 0 Å². The Morgan fingerprint density at radius 3 is 2.84 bits per heavy atom. The molecular formula is C14H21N3O2. The van der Waals surface area contributed by atoms with Gasteiger partial charge in [0, 0.05) is 25.6 Å². The molecule has 5 nitrogen and oxygen atoms in total. The predicted molar refractivity (Wildman–Crippen MR) is 74.1 cm³/mol. The minimum absolute atomic E-state index is 0.0259. The fourth-order valence-corrected chi connectivity index (χ4v) is 2.48. The second-order valence-corrected chi connectivity index (χ2v) is 4.83. The van der Waals surface area contributed by atoms with Gasteiger partial charge in [-0.25, -0.2) is 0 Å². The van der Waals surface area contributed by atoms with E-state index in [1.807, 2.05) is 18.2 Å². The number of morpholine rings is 1. The fourth-order valence-electron chi connectivity index (χ4n) is 2.48. The Balaban J connectivity index is 2.15. The van der Waals surface area contributed by atoms with Gasteiger partial charge in [-0.05, 0) is 5.56 Å². The third kappa shape index (κ3) is 3.76. The summed E-state index contributed by atoms with van der Waals surface area (Å²) in [5.74, 6) is 0.181. The summed E-state index contributed by atoms with van der Waals surface area (Å²) in [6, 6.07) is 10.1. The number of hydrogen-bond donors (Lipinski definition) is 3. The molecule has 2 rings (SSSR count). The molecule has 4 N–H and O–H groups in total. The molecule has 0 aromatic heterocycles. The number of ether oxygens (including phenoxy) is 1. The molecular weight excluding hydrogens is 242 g/mol. The summed E-state index contributed by atoms with van der Waals surface area (Å²) in [6.07, 6.45) is 0.356. The van der Waals surface area contributed by atoms with Gasteiger partial charge in [0.2, 0.25) is 0 Å². The SMILES string of the molecule is N=C(N)CC(c1ccccc1)N1CCOC(CO)C1. The van der Waals surface area contributed by atoms with E-state index in [0.717, 1.165) is 12.1 Å². The largest absolute Gasteiger partial charge is 0.394 e. The smallest absolute Gasteiger partial charge is 0.0933 e. The molecule has 0 amide bonds. The van der Waals surface area contributed by atoms with Crippen molar-refractivity contribution in [1.29, 1.82) is 5.41 Å². The topological polar surface area (TPSA) is 82.6 Å². The minimum Gasteiger partial charge on any atom is -0.394 e. The molecule has 1 aliphatic rings. The molecule has 104 valence electrons. The van der Waals surface area contributed by atoms with Crippen molar-refractivity contribution in [1.82, 2.24) is 4.90 Å². The number of nitrogens with one attached hydrogen (secondary N) is 1. The number of hydrogen-bond acceptors (Lipinski definition) is 4. The Morgan fingerprint density at radius 1 is 1.47 bits per heavy atom. The molecule has 0 aliphatic carbocycles. The Morgan fingerprint density at radius 2 is 2.21 bits per heavy atom. The van der Waals surface area contributed by atoms with Crippen LogP contribution in [0.4, 0.5) is 0 Å². The van der Waals surface area contributed by atoms with Gasteiger partial charge in [-0.3, -0.25) is 10.3 Å². The normalized spacial score (nSPS) is 22.1. The van der Waals surface area contributed by atoms with E-state index in [2.05, 4.69) is 17.0 Å². The van der Waals surface area contributed by atoms with Crippen molar-refractivity contribution in [2.45, 2.75) is 18.6 Å². The van der Waals surface area contributed by atoms with Crippen LogP contribution in [0.1, 0.15) is 18.0 Å². The molecule has 1 heterocycles. The van der Waals surface area contributed by atoms with E-state index < -0.39 is 0 Å². The lowest BCUT2D eigenvalue weighted by Gasteiger charge is -2.38. The molecule has 0 radical (unpaired) electrons. The summed E-state index contributed by atoms with van der Waals surface area (Å²) in [7, 11) is 0. The molecule has 2 atom stereocenters. The molecule has 1 aromatic carbocycles. The number of nitrogens with two attached hydrogens (primary N) is 1. The highest BCUT2D eigenvalue weighted by Gasteiger charge is 2.27. The zero-order chi connectivity index (χ0) is 13.7. The van der Waals surface area contributed by atoms with E-state index in [4.69, 9.17) is 15.9 Å². The lowest BCUT2D eigenvalue weighted by molar-refractivity contribution is -0.0646. The molecule has 5 heteroatoms. The van der Waals surface area contributed by atoms with Crippen LogP contribution in [-0.4, -0.2) is 48.2 Å². The van der Waals surface area contributed by atoms with Crippen molar-refractivity contribution in [3.63, 3.8) is 0 Å². The van der Waals surface area contributed by atoms with E-state index in [0.29, 0.717) is 19.6 Å². The number of amidine groups is 1. The van der Waals surface area contributed by atoms with Crippen LogP contribution in [-0.2, 0) is 4.74 Å². The van der Waals surface area contributed by atoms with Gasteiger partial charge < -0.3 is 15.6 Å². The zero-order valence-electron chi connectivity index (χ0n) is 11.0. The Kier molecular flexibility index (Phi) is 4.90. The summed E-state index contributed by atoms with van der Waals surface area (Å²) in [4.78, 5) is 2.24. The number of rotatable bonds is 5. The highest BCUT2D eigenvalue weighted by molar-refractivity contribution is 5.77. The van der Waals surface area contributed by atoms with Crippen LogP contribution in [0.5, 0.6) is 0 Å². The van der Waals surface area contributed by atoms with Gasteiger partial charge in [0.15, 0.2) is 0 Å². The summed E-state index contributed by atoms with van der Waals surface area (Å²) in [6.45, 7) is 2.09. The fraction of sp³-hybridized carbons (Fsp3) is 0.500. The quantitative estimate of drug-likeness (QED) is 0.541. The molecule has 0 spiro atoms. The first kappa shape index (κ1) is 14.0. The Bertz CT molecular complexity index is 410. The van der Waals surface area contributed by atoms with Crippen LogP contribution >= 0.6 is 0 Å². The van der Waals surface area contributed by atoms with E-state index in [1.54, 1.807) is 0 Å². The molecule has 0 bridgehead atoms. The third-order valence-corrected chi connectivity index (χ3v) is 3.41. The van der Waals surface area contributed by atoms with Gasteiger partial charge >= 0.3 is 0 Å². The lowest BCUT2D eigenvalue weighted by atomic mass is 10.0. The summed E-state index contributed by atoms with van der Waals surface area (Å²) >= 11 is 0. The first-order valence-electron chi connectivity index (χ1n) is 6.55. The van der Waals surface area contributed by atoms with Crippen LogP contribution in [0.15, 0.2) is 30.3 Å². The first-order chi connectivity index (χ1) is 9.20. The number of aliphatic hydroxyl groups is 1. The second-order valence-electron chi connectivity index (χ2n) is 4.83. The average molecular weight is 263 g/mol. The highest BCUT2D eigenvalue weighted by Crippen LogP contribution is 2.26. The van der Waals surface area contributed by atoms with E-state index >= 15 is 0 Å². The second kappa shape index (κ2) is 6.65. The molecule has 0 saturated carbocycles. The standard InChI is InChI=1S/C14H21N3O2/c15-14(16)8-13(11-4-2-1-3-5-11)17-6-7-19-12(9-17)10-18/h1-5,12-13,18H,6-10H2,(H3,15,16). The summed E-state index contributed by atoms with van der Waals surface area (Å²) < 4.78 is 5.47. The highest BCUT2D eigenvalue weighted by atomic mass is 16.5. The predicted octanol–water partition coefficient (Wildman–Crippen LogP) is 0.747. The van der Waals surface area contributed by atoms with Crippen molar-refractivity contribution in [3.05, 3.63) is 35.9 Å². The van der Waals surface area contributed by atoms with Crippen molar-refractivity contribution >= 4 is 5.84 Å². The van der Waals surface area contributed by atoms with E-state index in [-0.39, 0.29) is 24.6 Å². The lowest BCUT2D eigenvalue weighted by Crippen LogP contribution is -2.46. The molecule has 1 aliphatic heterocycles. The van der Waals surface area contributed by atoms with Crippen molar-refractivity contribution in [2.24, 2.45) is 5.73 Å². The van der Waals surface area contributed by atoms with Gasteiger partial charge in [-0.1, -0.05) is 30.3 Å². The third-order valence-electron chi connectivity index (χ3n) is 3.41. The first-order valence-corrected chi connectivity index (χ1v) is 6.55. The molecule has 19 heavy (non-hydrogen) atoms. The summed E-state index contributed by atoms with van der Waals surface area (Å²) in [5.41, 5.74) is 6.73. The number of nitrogens with zero attached hydrogens (tertiary/aromatic N) is 1. The van der Waals surface area contributed by atoms with Crippen LogP contribution in [0.25, 0.3) is 0 Å². The zero-order valence-corrected chi connectivity index (χ0v) is 11.0. The minimum atomic E-state index is -0.146. The molecule has 2 unspecified atom stereocenters. The molecule has 1 saturated heterocycles. The van der Waals surface area contributed by atoms with Crippen LogP contribution in [0.2, 0.25) is 0 Å². The van der Waals surface area contributed by atoms with Crippen molar-refractivity contribution < 1.29 is 9.84 Å². The van der Waals surface area contributed by atoms with Gasteiger partial charge in [0.05, 0.1) is 25.2 Å². The molecule has 1 fully saturated rings. The van der Waals surface area contributed by atoms with E-state index in [9.17, 15) is 5.11 Å². The Hall–Kier alpha value is -1.43. The van der Waals surface area contributed by atoms with Gasteiger partial charge in [0.25, 0.3) is 0 Å². The van der Waals surface area contributed by atoms with Crippen LogP contribution in [0, 0.1) is 5.41 Å². The van der Waals surface area contributed by atoms with Gasteiger partial charge in [0.1, 0.15) is 0 Å². The summed E-state index contributed by atoms with van der Waals surface area (Å²) in [5, 5.41) is 16.8. The monoisotopic (exact) mass is 263 g/mol. The van der Waals surface area contributed by atoms with Gasteiger partial charge in [-0.2, -0.15) is 0 Å². The number of aliphatic hydroxyl groups excluding tert-OH is 1. The molecule has 1 aromatic rings. The maximum atomic E-state index is 9.22. The maximum Gasteiger partial charge on any atom is 0.0933 e. The number of benzene rings is 1. The van der Waals surface area contributed by atoms with Crippen molar-refractivity contribution in [2.75, 3.05) is 26.3 Å². The van der Waals surface area contributed by atoms with Crippen LogP contribution < -0.4 is 5.73 Å². The average Bonchev–Trinajstić information content (AvgIpc) is 2.45. The van der Waals surface area contributed by atoms with Crippen LogP contribution in [0.3, 0.4) is 0 Å². The van der Waals surface area contributed by atoms with Gasteiger partial charge in [-0.15, -0.1) is 0 Å². The van der Waals surface area contributed by atoms with E-state index in [1.165, 1.54) is 0 Å².